The van der Waals surface area contributed by atoms with Crippen LogP contribution in [0.2, 0.25) is 5.15 Å². The summed E-state index contributed by atoms with van der Waals surface area (Å²) in [6.07, 6.45) is 1.71. The first-order chi connectivity index (χ1) is 12.4. The van der Waals surface area contributed by atoms with Crippen LogP contribution in [0.4, 0.5) is 0 Å². The van der Waals surface area contributed by atoms with Gasteiger partial charge in [0.15, 0.2) is 5.15 Å². The first kappa shape index (κ1) is 16.9. The molecule has 132 valence electrons. The molecule has 1 N–H and O–H groups in total. The Bertz CT molecular complexity index is 1150. The van der Waals surface area contributed by atoms with Crippen LogP contribution in [-0.4, -0.2) is 25.4 Å². The number of hydrogen-bond donors (Lipinski definition) is 1. The lowest BCUT2D eigenvalue weighted by Gasteiger charge is -2.13. The molecule has 1 atom stereocenters. The maximum Gasteiger partial charge on any atom is 0.217 e. The molecule has 4 rings (SSSR count). The third-order valence-electron chi connectivity index (χ3n) is 4.22. The quantitative estimate of drug-likeness (QED) is 0.539. The van der Waals surface area contributed by atoms with Crippen LogP contribution >= 0.6 is 22.9 Å². The number of carbonyl (C=O) groups is 1. The number of thiazole rings is 1. The van der Waals surface area contributed by atoms with Gasteiger partial charge in [0.1, 0.15) is 26.4 Å². The van der Waals surface area contributed by atoms with Crippen molar-refractivity contribution in [3.8, 4) is 10.6 Å². The summed E-state index contributed by atoms with van der Waals surface area (Å²) in [7, 11) is 1.92. The summed E-state index contributed by atoms with van der Waals surface area (Å²) in [6, 6.07) is 7.93. The Balaban J connectivity index is 1.84. The molecule has 1 aromatic carbocycles. The number of rotatable bonds is 3. The predicted octanol–water partition coefficient (Wildman–Crippen LogP) is 4.10. The van der Waals surface area contributed by atoms with Gasteiger partial charge in [0.05, 0.1) is 12.4 Å². The molecule has 8 heteroatoms. The van der Waals surface area contributed by atoms with E-state index in [1.165, 1.54) is 18.3 Å². The smallest absolute Gasteiger partial charge is 0.217 e. The van der Waals surface area contributed by atoms with Crippen LogP contribution in [0.15, 0.2) is 30.6 Å². The highest BCUT2D eigenvalue weighted by atomic mass is 35.5. The molecule has 1 amide bonds. The Hall–Kier alpha value is -2.51. The highest BCUT2D eigenvalue weighted by molar-refractivity contribution is 7.21. The summed E-state index contributed by atoms with van der Waals surface area (Å²) in [5.41, 5.74) is 4.34. The van der Waals surface area contributed by atoms with Crippen molar-refractivity contribution in [2.75, 3.05) is 0 Å². The molecule has 3 aromatic heterocycles. The fourth-order valence-electron chi connectivity index (χ4n) is 3.00. The van der Waals surface area contributed by atoms with Gasteiger partial charge in [0, 0.05) is 19.5 Å². The zero-order valence-corrected chi connectivity index (χ0v) is 16.0. The van der Waals surface area contributed by atoms with E-state index in [0.29, 0.717) is 10.7 Å². The number of aryl methyl sites for hydroxylation is 1. The van der Waals surface area contributed by atoms with Crippen molar-refractivity contribution >= 4 is 50.2 Å². The molecule has 6 nitrogen and oxygen atoms in total. The zero-order valence-electron chi connectivity index (χ0n) is 14.4. The summed E-state index contributed by atoms with van der Waals surface area (Å²) in [5, 5.41) is 4.14. The number of pyridine rings is 1. The first-order valence-corrected chi connectivity index (χ1v) is 9.28. The third kappa shape index (κ3) is 2.83. The van der Waals surface area contributed by atoms with E-state index in [1.807, 2.05) is 42.8 Å². The number of benzene rings is 1. The number of amides is 1. The number of aromatic nitrogens is 4. The molecule has 0 aliphatic rings. The predicted molar refractivity (Wildman–Crippen MR) is 104 cm³/mol. The van der Waals surface area contributed by atoms with Gasteiger partial charge in [-0.1, -0.05) is 41.1 Å². The molecule has 26 heavy (non-hydrogen) atoms. The molecule has 0 saturated carbocycles. The Morgan fingerprint density at radius 3 is 2.88 bits per heavy atom. The average molecular weight is 386 g/mol. The van der Waals surface area contributed by atoms with E-state index in [9.17, 15) is 4.79 Å². The molecule has 3 heterocycles. The number of fused-ring (bicyclic) bond motifs is 3. The van der Waals surface area contributed by atoms with Crippen molar-refractivity contribution < 1.29 is 4.79 Å². The molecule has 1 unspecified atom stereocenters. The van der Waals surface area contributed by atoms with Crippen molar-refractivity contribution in [3.63, 3.8) is 0 Å². The van der Waals surface area contributed by atoms with Crippen molar-refractivity contribution in [2.24, 2.45) is 7.05 Å². The Labute approximate surface area is 158 Å². The second-order valence-corrected chi connectivity index (χ2v) is 7.51. The topological polar surface area (TPSA) is 72.7 Å². The maximum atomic E-state index is 11.3. The Kier molecular flexibility index (Phi) is 4.13. The van der Waals surface area contributed by atoms with Crippen molar-refractivity contribution in [3.05, 3.63) is 41.3 Å². The van der Waals surface area contributed by atoms with E-state index in [4.69, 9.17) is 16.6 Å². The summed E-state index contributed by atoms with van der Waals surface area (Å²) >= 11 is 7.76. The monoisotopic (exact) mass is 385 g/mol. The van der Waals surface area contributed by atoms with Gasteiger partial charge in [0.25, 0.3) is 0 Å². The minimum absolute atomic E-state index is 0.0552. The van der Waals surface area contributed by atoms with Crippen LogP contribution in [0.25, 0.3) is 32.0 Å². The molecular weight excluding hydrogens is 370 g/mol. The second-order valence-electron chi connectivity index (χ2n) is 6.18. The molecular formula is C18H16ClN5OS. The average Bonchev–Trinajstić information content (AvgIpc) is 3.18. The molecule has 0 saturated heterocycles. The lowest BCUT2D eigenvalue weighted by Crippen LogP contribution is -2.23. The van der Waals surface area contributed by atoms with Crippen LogP contribution in [0, 0.1) is 0 Å². The van der Waals surface area contributed by atoms with E-state index >= 15 is 0 Å². The maximum absolute atomic E-state index is 11.3. The van der Waals surface area contributed by atoms with Crippen LogP contribution in [0.5, 0.6) is 0 Å². The number of halogens is 1. The van der Waals surface area contributed by atoms with Gasteiger partial charge in [-0.05, 0) is 18.6 Å². The van der Waals surface area contributed by atoms with E-state index < -0.39 is 0 Å². The molecule has 0 spiro atoms. The van der Waals surface area contributed by atoms with E-state index in [-0.39, 0.29) is 11.9 Å². The van der Waals surface area contributed by atoms with Crippen LogP contribution < -0.4 is 5.32 Å². The lowest BCUT2D eigenvalue weighted by atomic mass is 10.1. The van der Waals surface area contributed by atoms with Crippen molar-refractivity contribution in [2.45, 2.75) is 19.9 Å². The van der Waals surface area contributed by atoms with Gasteiger partial charge in [-0.2, -0.15) is 0 Å². The highest BCUT2D eigenvalue weighted by Crippen LogP contribution is 2.35. The van der Waals surface area contributed by atoms with Gasteiger partial charge >= 0.3 is 0 Å². The van der Waals surface area contributed by atoms with Crippen molar-refractivity contribution in [1.29, 1.82) is 0 Å². The number of imidazole rings is 1. The van der Waals surface area contributed by atoms with Gasteiger partial charge in [-0.15, -0.1) is 0 Å². The van der Waals surface area contributed by atoms with Crippen LogP contribution in [-0.2, 0) is 11.8 Å². The second kappa shape index (κ2) is 6.34. The first-order valence-electron chi connectivity index (χ1n) is 8.08. The molecule has 4 aromatic rings. The Morgan fingerprint density at radius 1 is 1.31 bits per heavy atom. The number of hydrogen-bond acceptors (Lipinski definition) is 5. The van der Waals surface area contributed by atoms with Gasteiger partial charge < -0.3 is 9.88 Å². The highest BCUT2D eigenvalue weighted by Gasteiger charge is 2.17. The SMILES string of the molecule is CC(=O)NC(C)c1cccc(-c2nc3c(nc(Cl)c4ncn(C)c43)s2)c1. The summed E-state index contributed by atoms with van der Waals surface area (Å²) in [4.78, 5) is 25.6. The molecule has 0 aliphatic carbocycles. The van der Waals surface area contributed by atoms with Gasteiger partial charge in [-0.3, -0.25) is 4.79 Å². The number of carbonyl (C=O) groups excluding carboxylic acids is 1. The van der Waals surface area contributed by atoms with Crippen molar-refractivity contribution in [1.82, 2.24) is 24.8 Å². The minimum Gasteiger partial charge on any atom is -0.350 e. The summed E-state index contributed by atoms with van der Waals surface area (Å²) in [5.74, 6) is -0.0552. The van der Waals surface area contributed by atoms with Crippen LogP contribution in [0.1, 0.15) is 25.5 Å². The van der Waals surface area contributed by atoms with E-state index in [2.05, 4.69) is 15.3 Å². The summed E-state index contributed by atoms with van der Waals surface area (Å²) < 4.78 is 1.91. The third-order valence-corrected chi connectivity index (χ3v) is 5.48. The standard InChI is InChI=1S/C18H16ClN5OS/c1-9(21-10(2)25)11-5-4-6-12(7-11)17-22-14-15-13(20-8-24(15)3)16(19)23-18(14)26-17/h4-9H,1-3H3,(H,21,25). The number of nitrogens with zero attached hydrogens (tertiary/aromatic N) is 4. The lowest BCUT2D eigenvalue weighted by molar-refractivity contribution is -0.119. The van der Waals surface area contributed by atoms with Crippen LogP contribution in [0.3, 0.4) is 0 Å². The normalized spacial score (nSPS) is 12.6. The molecule has 0 fully saturated rings. The summed E-state index contributed by atoms with van der Waals surface area (Å²) in [6.45, 7) is 3.47. The largest absolute Gasteiger partial charge is 0.350 e. The fraction of sp³-hybridized carbons (Fsp3) is 0.222. The minimum atomic E-state index is -0.0711. The van der Waals surface area contributed by atoms with Gasteiger partial charge in [-0.25, -0.2) is 15.0 Å². The zero-order chi connectivity index (χ0) is 18.4. The molecule has 0 bridgehead atoms. The van der Waals surface area contributed by atoms with E-state index in [1.54, 1.807) is 6.33 Å². The van der Waals surface area contributed by atoms with E-state index in [0.717, 1.165) is 32.0 Å². The Morgan fingerprint density at radius 2 is 2.12 bits per heavy atom. The molecule has 0 aliphatic heterocycles. The fourth-order valence-corrected chi connectivity index (χ4v) is 4.21. The molecule has 0 radical (unpaired) electrons. The number of nitrogens with one attached hydrogen (secondary N) is 1. The van der Waals surface area contributed by atoms with Gasteiger partial charge in [0.2, 0.25) is 5.91 Å².